The van der Waals surface area contributed by atoms with E-state index in [4.69, 9.17) is 10.5 Å². The highest BCUT2D eigenvalue weighted by atomic mass is 32.2. The summed E-state index contributed by atoms with van der Waals surface area (Å²) in [5.41, 5.74) is 0.110. The molecule has 0 aromatic heterocycles. The van der Waals surface area contributed by atoms with Crippen molar-refractivity contribution < 1.29 is 49.4 Å². The van der Waals surface area contributed by atoms with Gasteiger partial charge in [-0.25, -0.2) is 16.8 Å². The second-order valence-electron chi connectivity index (χ2n) is 10.4. The first-order valence-corrected chi connectivity index (χ1v) is 15.5. The number of halogens is 3. The molecule has 0 heterocycles. The van der Waals surface area contributed by atoms with Gasteiger partial charge in [-0.2, -0.15) is 18.4 Å². The van der Waals surface area contributed by atoms with E-state index in [0.717, 1.165) is 25.5 Å². The van der Waals surface area contributed by atoms with E-state index in [2.05, 4.69) is 0 Å². The van der Waals surface area contributed by atoms with Crippen LogP contribution in [-0.4, -0.2) is 58.5 Å². The first kappa shape index (κ1) is 30.5. The van der Waals surface area contributed by atoms with Crippen LogP contribution in [0.15, 0.2) is 52.3 Å². The number of nitriles is 1. The highest BCUT2D eigenvalue weighted by Gasteiger charge is 2.75. The summed E-state index contributed by atoms with van der Waals surface area (Å²) in [5.74, 6) is -3.82. The molecule has 2 saturated carbocycles. The summed E-state index contributed by atoms with van der Waals surface area (Å²) in [4.78, 5) is 23.4. The van der Waals surface area contributed by atoms with E-state index in [0.29, 0.717) is 6.07 Å². The molecule has 41 heavy (non-hydrogen) atoms. The zero-order valence-corrected chi connectivity index (χ0v) is 23.3. The number of carboxylic acids is 1. The topological polar surface area (TPSA) is 182 Å². The zero-order chi connectivity index (χ0) is 30.8. The van der Waals surface area contributed by atoms with Gasteiger partial charge >= 0.3 is 12.1 Å². The van der Waals surface area contributed by atoms with Gasteiger partial charge in [0, 0.05) is 19.3 Å². The number of aliphatic carboxylic acids is 1. The fourth-order valence-corrected chi connectivity index (χ4v) is 8.57. The van der Waals surface area contributed by atoms with Crippen molar-refractivity contribution in [2.24, 2.45) is 22.5 Å². The summed E-state index contributed by atoms with van der Waals surface area (Å²) in [5, 5.41) is 18.1. The fraction of sp³-hybridized carbons (Fsp3) is 0.423. The fourth-order valence-electron chi connectivity index (χ4n) is 5.91. The van der Waals surface area contributed by atoms with Crippen LogP contribution in [0, 0.1) is 28.1 Å². The monoisotopic (exact) mass is 614 g/mol. The van der Waals surface area contributed by atoms with Crippen molar-refractivity contribution in [2.75, 3.05) is 13.4 Å². The number of nitrogens with zero attached hydrogens (tertiary/aromatic N) is 1. The molecule has 2 fully saturated rings. The predicted octanol–water partition coefficient (Wildman–Crippen LogP) is 2.81. The summed E-state index contributed by atoms with van der Waals surface area (Å²) < 4.78 is 98.8. The maximum atomic E-state index is 14.2. The van der Waals surface area contributed by atoms with Crippen molar-refractivity contribution in [3.63, 3.8) is 0 Å². The standard InChI is InChI=1S/C26H25F3N2O8S2/c1-39-21-10-17(11-25(21,23(33)34)20-12-24(20,13-30)22(31)32)41(37,38)19-8-5-15(9-18(19)26(27,28)29)14-3-6-16(7-4-14)40(2,35)36/h3-9,17,20-21H,10-12H2,1-2H3,(H2,31,32)(H,33,34)/t17-,20?,21+,24?,25+/m1/s1. The van der Waals surface area contributed by atoms with Crippen molar-refractivity contribution in [1.29, 1.82) is 5.26 Å². The van der Waals surface area contributed by atoms with Crippen LogP contribution in [0.3, 0.4) is 0 Å². The third-order valence-electron chi connectivity index (χ3n) is 8.17. The van der Waals surface area contributed by atoms with Gasteiger partial charge in [-0.3, -0.25) is 9.59 Å². The van der Waals surface area contributed by atoms with Crippen molar-refractivity contribution in [3.8, 4) is 17.2 Å². The molecule has 15 heteroatoms. The first-order chi connectivity index (χ1) is 18.9. The number of methoxy groups -OCH3 is 1. The van der Waals surface area contributed by atoms with Crippen molar-refractivity contribution >= 4 is 31.6 Å². The Morgan fingerprint density at radius 2 is 1.66 bits per heavy atom. The number of alkyl halides is 3. The summed E-state index contributed by atoms with van der Waals surface area (Å²) in [6, 6.07) is 9.27. The SMILES string of the molecule is CO[C@H]1C[C@@H](S(=O)(=O)c2ccc(-c3ccc(S(C)(=O)=O)cc3)cc2C(F)(F)F)C[C@]1(C(=O)O)C1CC1(C#N)C(N)=O. The van der Waals surface area contributed by atoms with E-state index in [9.17, 15) is 50.0 Å². The van der Waals surface area contributed by atoms with Gasteiger partial charge < -0.3 is 15.6 Å². The van der Waals surface area contributed by atoms with Crippen LogP contribution in [0.25, 0.3) is 11.1 Å². The van der Waals surface area contributed by atoms with Crippen LogP contribution in [0.4, 0.5) is 13.2 Å². The number of amides is 1. The van der Waals surface area contributed by atoms with Gasteiger partial charge in [0.15, 0.2) is 19.7 Å². The number of primary amides is 1. The average Bonchev–Trinajstić information content (AvgIpc) is 3.52. The van der Waals surface area contributed by atoms with Gasteiger partial charge in [0.25, 0.3) is 0 Å². The largest absolute Gasteiger partial charge is 0.481 e. The van der Waals surface area contributed by atoms with E-state index in [1.807, 2.05) is 0 Å². The molecule has 1 amide bonds. The maximum Gasteiger partial charge on any atom is 0.417 e. The molecule has 2 unspecified atom stereocenters. The molecule has 2 aliphatic carbocycles. The molecule has 2 aromatic rings. The minimum absolute atomic E-state index is 0.0318. The first-order valence-electron chi connectivity index (χ1n) is 12.1. The number of hydrogen-bond acceptors (Lipinski definition) is 8. The van der Waals surface area contributed by atoms with Crippen LogP contribution >= 0.6 is 0 Å². The van der Waals surface area contributed by atoms with Crippen LogP contribution in [0.5, 0.6) is 0 Å². The Hall–Kier alpha value is -3.48. The predicted molar refractivity (Wildman–Crippen MR) is 136 cm³/mol. The lowest BCUT2D eigenvalue weighted by atomic mass is 9.75. The van der Waals surface area contributed by atoms with Crippen LogP contribution in [0.1, 0.15) is 24.8 Å². The molecule has 0 saturated heterocycles. The number of hydrogen-bond donors (Lipinski definition) is 2. The van der Waals surface area contributed by atoms with Crippen molar-refractivity contribution in [3.05, 3.63) is 48.0 Å². The zero-order valence-electron chi connectivity index (χ0n) is 21.7. The third kappa shape index (κ3) is 4.87. The Morgan fingerprint density at radius 1 is 1.07 bits per heavy atom. The summed E-state index contributed by atoms with van der Waals surface area (Å²) in [7, 11) is -7.28. The van der Waals surface area contributed by atoms with Gasteiger partial charge in [-0.15, -0.1) is 0 Å². The highest BCUT2D eigenvalue weighted by molar-refractivity contribution is 7.92. The molecule has 10 nitrogen and oxygen atoms in total. The second-order valence-corrected chi connectivity index (χ2v) is 14.6. The second kappa shape index (κ2) is 9.81. The Bertz CT molecular complexity index is 1680. The van der Waals surface area contributed by atoms with Crippen LogP contribution in [0.2, 0.25) is 0 Å². The summed E-state index contributed by atoms with van der Waals surface area (Å²) >= 11 is 0. The van der Waals surface area contributed by atoms with Crippen LogP contribution in [-0.2, 0) is 40.2 Å². The van der Waals surface area contributed by atoms with Gasteiger partial charge in [-0.05, 0) is 54.7 Å². The minimum Gasteiger partial charge on any atom is -0.481 e. The molecule has 4 rings (SSSR count). The number of nitrogens with two attached hydrogens (primary N) is 1. The number of carboxylic acid groups (broad SMARTS) is 1. The van der Waals surface area contributed by atoms with E-state index >= 15 is 0 Å². The van der Waals surface area contributed by atoms with E-state index in [1.165, 1.54) is 24.3 Å². The molecule has 220 valence electrons. The molecule has 0 aliphatic heterocycles. The number of rotatable bonds is 8. The van der Waals surface area contributed by atoms with E-state index in [1.54, 1.807) is 6.07 Å². The van der Waals surface area contributed by atoms with Gasteiger partial charge in [0.2, 0.25) is 5.91 Å². The maximum absolute atomic E-state index is 14.2. The molecule has 5 atom stereocenters. The molecular weight excluding hydrogens is 589 g/mol. The Morgan fingerprint density at radius 3 is 2.10 bits per heavy atom. The molecule has 2 aromatic carbocycles. The van der Waals surface area contributed by atoms with Crippen LogP contribution < -0.4 is 5.73 Å². The number of carbonyl (C=O) groups is 2. The summed E-state index contributed by atoms with van der Waals surface area (Å²) in [6.45, 7) is 0. The molecular formula is C26H25F3N2O8S2. The molecule has 0 radical (unpaired) electrons. The van der Waals surface area contributed by atoms with E-state index in [-0.39, 0.29) is 22.4 Å². The number of sulfone groups is 2. The third-order valence-corrected chi connectivity index (χ3v) is 11.5. The van der Waals surface area contributed by atoms with E-state index < -0.39 is 89.1 Å². The Balaban J connectivity index is 1.78. The number of carbonyl (C=O) groups excluding carboxylic acids is 1. The molecule has 0 spiro atoms. The normalized spacial score (nSPS) is 28.1. The quantitative estimate of drug-likeness (QED) is 0.452. The highest BCUT2D eigenvalue weighted by Crippen LogP contribution is 2.66. The van der Waals surface area contributed by atoms with Gasteiger partial charge in [0.1, 0.15) is 10.8 Å². The lowest BCUT2D eigenvalue weighted by Gasteiger charge is -2.31. The lowest BCUT2D eigenvalue weighted by molar-refractivity contribution is -0.159. The Labute approximate surface area is 233 Å². The average molecular weight is 615 g/mol. The minimum atomic E-state index is -5.13. The van der Waals surface area contributed by atoms with Gasteiger partial charge in [-0.1, -0.05) is 18.2 Å². The molecule has 0 bridgehead atoms. The summed E-state index contributed by atoms with van der Waals surface area (Å²) in [6.07, 6.45) is -6.94. The number of benzene rings is 2. The van der Waals surface area contributed by atoms with Crippen molar-refractivity contribution in [1.82, 2.24) is 0 Å². The lowest BCUT2D eigenvalue weighted by Crippen LogP contribution is -2.44. The molecule has 2 aliphatic rings. The van der Waals surface area contributed by atoms with Crippen molar-refractivity contribution in [2.45, 2.75) is 46.6 Å². The Kier molecular flexibility index (Phi) is 7.30. The smallest absolute Gasteiger partial charge is 0.417 e. The number of ether oxygens (including phenoxy) is 1. The molecule has 3 N–H and O–H groups in total. The van der Waals surface area contributed by atoms with Gasteiger partial charge in [0.05, 0.1) is 32.8 Å².